The molecule has 4 aliphatic carbocycles. The molecule has 0 aromatic heterocycles. The van der Waals surface area contributed by atoms with Crippen molar-refractivity contribution in [2.45, 2.75) is 12.8 Å². The minimum atomic E-state index is -1.50. The van der Waals surface area contributed by atoms with Crippen molar-refractivity contribution >= 4 is 0 Å². The molecule has 0 saturated heterocycles. The molecule has 4 unspecified atom stereocenters. The predicted molar refractivity (Wildman–Crippen MR) is 59.7 cm³/mol. The van der Waals surface area contributed by atoms with Gasteiger partial charge in [-0.3, -0.25) is 0 Å². The third-order valence-electron chi connectivity index (χ3n) is 5.16. The molecule has 2 fully saturated rings. The van der Waals surface area contributed by atoms with Crippen LogP contribution in [-0.2, 0) is 0 Å². The fourth-order valence-electron chi connectivity index (χ4n) is 4.13. The Bertz CT molecular complexity index is 522. The fourth-order valence-corrected chi connectivity index (χ4v) is 4.13. The van der Waals surface area contributed by atoms with E-state index in [-0.39, 0.29) is 11.8 Å². The van der Waals surface area contributed by atoms with Crippen LogP contribution in [0.25, 0.3) is 0 Å². The number of hydrogen-bond donors (Lipinski definition) is 0. The molecular weight excluding hydrogens is 224 g/mol. The zero-order valence-electron chi connectivity index (χ0n) is 9.67. The van der Waals surface area contributed by atoms with Gasteiger partial charge in [0.1, 0.15) is 0 Å². The normalized spacial score (nSPS) is 40.2. The summed E-state index contributed by atoms with van der Waals surface area (Å²) in [6.07, 6.45) is 5.77. The van der Waals surface area contributed by atoms with Crippen molar-refractivity contribution in [2.24, 2.45) is 34.5 Å². The monoisotopic (exact) mass is 234 g/mol. The van der Waals surface area contributed by atoms with Crippen molar-refractivity contribution in [3.8, 4) is 24.3 Å². The highest BCUT2D eigenvalue weighted by atomic mass is 14.7. The number of nitriles is 4. The van der Waals surface area contributed by atoms with Gasteiger partial charge in [-0.1, -0.05) is 12.2 Å². The SMILES string of the molecule is N#CC1(C#N)C2C=CC(C3CCC32)C1(C#N)C#N. The quantitative estimate of drug-likeness (QED) is 0.598. The smallest absolute Gasteiger partial charge is 0.182 e. The van der Waals surface area contributed by atoms with Crippen LogP contribution >= 0.6 is 0 Å². The molecule has 18 heavy (non-hydrogen) atoms. The largest absolute Gasteiger partial charge is 0.196 e. The number of nitrogens with zero attached hydrogens (tertiary/aromatic N) is 4. The van der Waals surface area contributed by atoms with Gasteiger partial charge in [0.15, 0.2) is 10.8 Å². The Morgan fingerprint density at radius 1 is 0.722 bits per heavy atom. The summed E-state index contributed by atoms with van der Waals surface area (Å²) in [6, 6.07) is 8.08. The van der Waals surface area contributed by atoms with Gasteiger partial charge >= 0.3 is 0 Å². The van der Waals surface area contributed by atoms with E-state index in [0.29, 0.717) is 11.8 Å². The number of allylic oxidation sites excluding steroid dienone is 2. The molecule has 4 aliphatic rings. The van der Waals surface area contributed by atoms with Gasteiger partial charge < -0.3 is 0 Å². The highest BCUT2D eigenvalue weighted by molar-refractivity contribution is 5.46. The summed E-state index contributed by atoms with van der Waals surface area (Å²) < 4.78 is 0. The third-order valence-corrected chi connectivity index (χ3v) is 5.16. The second kappa shape index (κ2) is 3.13. The van der Waals surface area contributed by atoms with Crippen molar-refractivity contribution in [1.82, 2.24) is 0 Å². The van der Waals surface area contributed by atoms with Crippen LogP contribution in [0, 0.1) is 79.8 Å². The van der Waals surface area contributed by atoms with Crippen LogP contribution < -0.4 is 0 Å². The van der Waals surface area contributed by atoms with E-state index in [1.807, 2.05) is 36.4 Å². The highest BCUT2D eigenvalue weighted by Crippen LogP contribution is 2.68. The molecule has 86 valence electrons. The summed E-state index contributed by atoms with van der Waals surface area (Å²) in [6.45, 7) is 0. The summed E-state index contributed by atoms with van der Waals surface area (Å²) in [5.41, 5.74) is -3.00. The molecule has 0 radical (unpaired) electrons. The number of hydrogen-bond acceptors (Lipinski definition) is 4. The molecule has 4 atom stereocenters. The molecule has 0 aromatic rings. The van der Waals surface area contributed by atoms with Crippen LogP contribution in [0.4, 0.5) is 0 Å². The molecule has 4 rings (SSSR count). The standard InChI is InChI=1S/C14H10N4/c15-5-13(6-16)11-3-4-12(10-2-1-9(10)11)14(13,7-17)8-18/h3-4,9-12H,1-2H2. The molecule has 0 aliphatic heterocycles. The van der Waals surface area contributed by atoms with Crippen LogP contribution in [0.5, 0.6) is 0 Å². The molecule has 4 heteroatoms. The van der Waals surface area contributed by atoms with Gasteiger partial charge in [-0.05, 0) is 24.7 Å². The zero-order valence-corrected chi connectivity index (χ0v) is 9.67. The van der Waals surface area contributed by atoms with Crippen molar-refractivity contribution in [2.75, 3.05) is 0 Å². The molecular formula is C14H10N4. The molecule has 0 amide bonds. The minimum absolute atomic E-state index is 0.268. The molecule has 0 aromatic carbocycles. The van der Waals surface area contributed by atoms with Crippen LogP contribution in [0.1, 0.15) is 12.8 Å². The van der Waals surface area contributed by atoms with E-state index in [1.165, 1.54) is 0 Å². The molecule has 2 saturated carbocycles. The first-order valence-electron chi connectivity index (χ1n) is 6.04. The van der Waals surface area contributed by atoms with Crippen LogP contribution in [0.2, 0.25) is 0 Å². The molecule has 0 N–H and O–H groups in total. The maximum atomic E-state index is 9.48. The van der Waals surface area contributed by atoms with Crippen molar-refractivity contribution in [3.63, 3.8) is 0 Å². The first-order chi connectivity index (χ1) is 8.70. The summed E-state index contributed by atoms with van der Waals surface area (Å²) in [5, 5.41) is 37.9. The lowest BCUT2D eigenvalue weighted by Gasteiger charge is -2.60. The summed E-state index contributed by atoms with van der Waals surface area (Å²) in [4.78, 5) is 0. The number of fused-ring (bicyclic) bond motifs is 1. The van der Waals surface area contributed by atoms with E-state index in [2.05, 4.69) is 0 Å². The average Bonchev–Trinajstić information content (AvgIpc) is 2.37. The topological polar surface area (TPSA) is 95.2 Å². The summed E-state index contributed by atoms with van der Waals surface area (Å²) in [5.74, 6) is 0.0642. The first kappa shape index (κ1) is 10.8. The van der Waals surface area contributed by atoms with Gasteiger partial charge in [0, 0.05) is 11.8 Å². The average molecular weight is 234 g/mol. The van der Waals surface area contributed by atoms with Gasteiger partial charge in [0.25, 0.3) is 0 Å². The second-order valence-corrected chi connectivity index (χ2v) is 5.40. The van der Waals surface area contributed by atoms with Crippen LogP contribution in [0.15, 0.2) is 12.2 Å². The predicted octanol–water partition coefficient (Wildman–Crippen LogP) is 1.90. The van der Waals surface area contributed by atoms with Crippen molar-refractivity contribution in [1.29, 1.82) is 21.0 Å². The van der Waals surface area contributed by atoms with Crippen molar-refractivity contribution in [3.05, 3.63) is 12.2 Å². The lowest BCUT2D eigenvalue weighted by Crippen LogP contribution is -2.63. The third kappa shape index (κ3) is 0.796. The van der Waals surface area contributed by atoms with Gasteiger partial charge in [-0.15, -0.1) is 0 Å². The Morgan fingerprint density at radius 2 is 1.06 bits per heavy atom. The Kier molecular flexibility index (Phi) is 1.88. The van der Waals surface area contributed by atoms with E-state index in [0.717, 1.165) is 12.8 Å². The zero-order chi connectivity index (χ0) is 13.0. The molecule has 0 spiro atoms. The lowest BCUT2D eigenvalue weighted by atomic mass is 9.37. The first-order valence-corrected chi connectivity index (χ1v) is 6.04. The maximum absolute atomic E-state index is 9.48. The molecule has 0 heterocycles. The lowest BCUT2D eigenvalue weighted by molar-refractivity contribution is -0.0745. The van der Waals surface area contributed by atoms with Gasteiger partial charge in [-0.25, -0.2) is 0 Å². The highest BCUT2D eigenvalue weighted by Gasteiger charge is 2.72. The Morgan fingerprint density at radius 3 is 1.28 bits per heavy atom. The van der Waals surface area contributed by atoms with Crippen LogP contribution in [0.3, 0.4) is 0 Å². The van der Waals surface area contributed by atoms with E-state index in [9.17, 15) is 21.0 Å². The molecule has 4 nitrogen and oxygen atoms in total. The van der Waals surface area contributed by atoms with Gasteiger partial charge in [0.2, 0.25) is 0 Å². The second-order valence-electron chi connectivity index (χ2n) is 5.40. The molecule has 2 bridgehead atoms. The Hall–Kier alpha value is -2.30. The van der Waals surface area contributed by atoms with E-state index in [1.54, 1.807) is 0 Å². The van der Waals surface area contributed by atoms with Crippen LogP contribution in [-0.4, -0.2) is 0 Å². The van der Waals surface area contributed by atoms with Crippen molar-refractivity contribution < 1.29 is 0 Å². The minimum Gasteiger partial charge on any atom is -0.196 e. The summed E-state index contributed by atoms with van der Waals surface area (Å²) in [7, 11) is 0. The Balaban J connectivity index is 2.30. The van der Waals surface area contributed by atoms with E-state index >= 15 is 0 Å². The van der Waals surface area contributed by atoms with Gasteiger partial charge in [0.05, 0.1) is 24.3 Å². The number of rotatable bonds is 0. The Labute approximate surface area is 105 Å². The maximum Gasteiger partial charge on any atom is 0.182 e. The van der Waals surface area contributed by atoms with E-state index in [4.69, 9.17) is 0 Å². The van der Waals surface area contributed by atoms with E-state index < -0.39 is 10.8 Å². The fraction of sp³-hybridized carbons (Fsp3) is 0.571. The van der Waals surface area contributed by atoms with Gasteiger partial charge in [-0.2, -0.15) is 21.0 Å². The summed E-state index contributed by atoms with van der Waals surface area (Å²) >= 11 is 0.